The number of ether oxygens (including phenoxy) is 3. The molecule has 0 N–H and O–H groups in total. The molecule has 5 nitrogen and oxygen atoms in total. The summed E-state index contributed by atoms with van der Waals surface area (Å²) in [4.78, 5) is 13.8. The lowest BCUT2D eigenvalue weighted by molar-refractivity contribution is -0.154. The van der Waals surface area contributed by atoms with Crippen molar-refractivity contribution < 1.29 is 23.4 Å². The maximum Gasteiger partial charge on any atom is 0.335 e. The monoisotopic (exact) mass is 407 g/mol. The molecule has 1 unspecified atom stereocenters. The van der Waals surface area contributed by atoms with E-state index >= 15 is 0 Å². The summed E-state index contributed by atoms with van der Waals surface area (Å²) in [6.07, 6.45) is -0.783. The lowest BCUT2D eigenvalue weighted by atomic mass is 10.0. The summed E-state index contributed by atoms with van der Waals surface area (Å²) in [5.41, 5.74) is 0.892. The van der Waals surface area contributed by atoms with Gasteiger partial charge >= 0.3 is 5.97 Å². The van der Waals surface area contributed by atoms with Gasteiger partial charge in [0.1, 0.15) is 17.7 Å². The fourth-order valence-electron chi connectivity index (χ4n) is 3.10. The summed E-state index contributed by atoms with van der Waals surface area (Å²) < 4.78 is 31.0. The van der Waals surface area contributed by atoms with Gasteiger partial charge in [0.2, 0.25) is 0 Å². The van der Waals surface area contributed by atoms with E-state index in [1.54, 1.807) is 31.2 Å². The molecule has 1 fully saturated rings. The number of hydrogen-bond donors (Lipinski definition) is 0. The number of para-hydroxylation sites is 1. The van der Waals surface area contributed by atoms with Gasteiger partial charge in [0.25, 0.3) is 0 Å². The third-order valence-corrected chi connectivity index (χ3v) is 4.93. The van der Waals surface area contributed by atoms with Crippen molar-refractivity contribution in [2.75, 3.05) is 31.7 Å². The summed E-state index contributed by atoms with van der Waals surface area (Å²) in [6.45, 7) is 3.08. The van der Waals surface area contributed by atoms with Crippen molar-refractivity contribution in [2.24, 2.45) is 0 Å². The van der Waals surface area contributed by atoms with Crippen LogP contribution in [0.4, 0.5) is 10.1 Å². The van der Waals surface area contributed by atoms with E-state index in [1.807, 2.05) is 23.1 Å². The Labute approximate surface area is 168 Å². The number of anilines is 1. The van der Waals surface area contributed by atoms with Crippen LogP contribution in [0.5, 0.6) is 5.75 Å². The van der Waals surface area contributed by atoms with Gasteiger partial charge in [-0.05, 0) is 30.7 Å². The summed E-state index contributed by atoms with van der Waals surface area (Å²) in [7, 11) is 1.41. The molecule has 28 heavy (non-hydrogen) atoms. The molecule has 0 aliphatic carbocycles. The minimum absolute atomic E-state index is 0.0609. The lowest BCUT2D eigenvalue weighted by Gasteiger charge is -2.41. The summed E-state index contributed by atoms with van der Waals surface area (Å²) in [5, 5.41) is 0.554. The van der Waals surface area contributed by atoms with E-state index in [-0.39, 0.29) is 24.9 Å². The zero-order chi connectivity index (χ0) is 20.1. The van der Waals surface area contributed by atoms with Crippen molar-refractivity contribution in [1.82, 2.24) is 0 Å². The highest BCUT2D eigenvalue weighted by Crippen LogP contribution is 2.31. The molecule has 0 spiro atoms. The van der Waals surface area contributed by atoms with E-state index in [4.69, 9.17) is 25.8 Å². The average Bonchev–Trinajstić information content (AvgIpc) is 2.65. The normalized spacial score (nSPS) is 15.1. The molecule has 1 saturated heterocycles. The fraction of sp³-hybridized carbons (Fsp3) is 0.381. The Hall–Kier alpha value is -2.31. The number of rotatable bonds is 8. The van der Waals surface area contributed by atoms with Gasteiger partial charge in [0, 0.05) is 13.5 Å². The lowest BCUT2D eigenvalue weighted by Crippen LogP contribution is -2.54. The molecule has 1 aliphatic rings. The fourth-order valence-corrected chi connectivity index (χ4v) is 3.28. The molecule has 2 aromatic rings. The molecule has 2 aromatic carbocycles. The molecule has 7 heteroatoms. The SMILES string of the molecule is CCOC(=O)C(Cc1cccc(N2CC(Oc3ccccc3Cl)C2)c1F)OC. The predicted octanol–water partition coefficient (Wildman–Crippen LogP) is 3.87. The largest absolute Gasteiger partial charge is 0.485 e. The van der Waals surface area contributed by atoms with Crippen LogP contribution in [0.2, 0.25) is 5.02 Å². The van der Waals surface area contributed by atoms with Gasteiger partial charge in [-0.15, -0.1) is 0 Å². The summed E-state index contributed by atoms with van der Waals surface area (Å²) >= 11 is 6.11. The molecule has 3 rings (SSSR count). The number of methoxy groups -OCH3 is 1. The Morgan fingerprint density at radius 3 is 2.68 bits per heavy atom. The molecule has 1 aliphatic heterocycles. The molecule has 0 bridgehead atoms. The van der Waals surface area contributed by atoms with Crippen LogP contribution >= 0.6 is 11.6 Å². The maximum atomic E-state index is 15.0. The van der Waals surface area contributed by atoms with Crippen molar-refractivity contribution in [2.45, 2.75) is 25.6 Å². The topological polar surface area (TPSA) is 48.0 Å². The van der Waals surface area contributed by atoms with E-state index in [0.717, 1.165) is 0 Å². The molecule has 0 saturated carbocycles. The molecule has 150 valence electrons. The highest BCUT2D eigenvalue weighted by molar-refractivity contribution is 6.32. The van der Waals surface area contributed by atoms with Gasteiger partial charge in [-0.25, -0.2) is 9.18 Å². The molecular formula is C21H23ClFNO4. The number of nitrogens with zero attached hydrogens (tertiary/aromatic N) is 1. The second kappa shape index (κ2) is 9.26. The van der Waals surface area contributed by atoms with Gasteiger partial charge in [0.05, 0.1) is 30.4 Å². The standard InChI is InChI=1S/C21H23ClFNO4/c1-3-27-21(25)19(26-2)11-14-7-6-9-17(20(14)23)24-12-15(13-24)28-18-10-5-4-8-16(18)22/h4-10,15,19H,3,11-13H2,1-2H3. The van der Waals surface area contributed by atoms with Gasteiger partial charge in [-0.1, -0.05) is 35.9 Å². The zero-order valence-corrected chi connectivity index (χ0v) is 16.6. The predicted molar refractivity (Wildman–Crippen MR) is 106 cm³/mol. The Kier molecular flexibility index (Phi) is 6.75. The molecule has 1 atom stereocenters. The first-order valence-corrected chi connectivity index (χ1v) is 9.54. The minimum atomic E-state index is -0.836. The Bertz CT molecular complexity index is 826. The van der Waals surface area contributed by atoms with E-state index in [1.165, 1.54) is 7.11 Å². The van der Waals surface area contributed by atoms with Gasteiger partial charge < -0.3 is 19.1 Å². The van der Waals surface area contributed by atoms with Crippen LogP contribution in [0.25, 0.3) is 0 Å². The summed E-state index contributed by atoms with van der Waals surface area (Å²) in [5.74, 6) is -0.225. The van der Waals surface area contributed by atoms with E-state index < -0.39 is 12.1 Å². The Balaban J connectivity index is 1.64. The van der Waals surface area contributed by atoms with Crippen molar-refractivity contribution >= 4 is 23.3 Å². The average molecular weight is 408 g/mol. The van der Waals surface area contributed by atoms with Crippen LogP contribution in [0.3, 0.4) is 0 Å². The number of esters is 1. The highest BCUT2D eigenvalue weighted by atomic mass is 35.5. The third kappa shape index (κ3) is 4.56. The number of halogens is 2. The van der Waals surface area contributed by atoms with E-state index in [9.17, 15) is 9.18 Å². The molecule has 0 radical (unpaired) electrons. The first-order chi connectivity index (χ1) is 13.5. The van der Waals surface area contributed by atoms with Crippen LogP contribution in [0, 0.1) is 5.82 Å². The maximum absolute atomic E-state index is 15.0. The number of carbonyl (C=O) groups excluding carboxylic acids is 1. The summed E-state index contributed by atoms with van der Waals surface area (Å²) in [6, 6.07) is 12.4. The van der Waals surface area contributed by atoms with Crippen molar-refractivity contribution in [3.8, 4) is 5.75 Å². The second-order valence-electron chi connectivity index (χ2n) is 6.51. The van der Waals surface area contributed by atoms with E-state index in [0.29, 0.717) is 35.1 Å². The number of carbonyl (C=O) groups is 1. The molecule has 0 aromatic heterocycles. The second-order valence-corrected chi connectivity index (χ2v) is 6.91. The first-order valence-electron chi connectivity index (χ1n) is 9.16. The van der Waals surface area contributed by atoms with Gasteiger partial charge in [0.15, 0.2) is 6.10 Å². The number of benzene rings is 2. The van der Waals surface area contributed by atoms with Crippen molar-refractivity contribution in [3.63, 3.8) is 0 Å². The Morgan fingerprint density at radius 2 is 2.00 bits per heavy atom. The van der Waals surface area contributed by atoms with Crippen LogP contribution in [-0.2, 0) is 20.7 Å². The molecular weight excluding hydrogens is 385 g/mol. The van der Waals surface area contributed by atoms with Crippen LogP contribution in [0.1, 0.15) is 12.5 Å². The minimum Gasteiger partial charge on any atom is -0.485 e. The van der Waals surface area contributed by atoms with Crippen molar-refractivity contribution in [3.05, 3.63) is 58.9 Å². The van der Waals surface area contributed by atoms with E-state index in [2.05, 4.69) is 0 Å². The van der Waals surface area contributed by atoms with Crippen LogP contribution in [-0.4, -0.2) is 45.0 Å². The molecule has 0 amide bonds. The Morgan fingerprint density at radius 1 is 1.25 bits per heavy atom. The smallest absolute Gasteiger partial charge is 0.335 e. The third-order valence-electron chi connectivity index (χ3n) is 4.62. The highest BCUT2D eigenvalue weighted by Gasteiger charge is 2.32. The van der Waals surface area contributed by atoms with Gasteiger partial charge in [-0.2, -0.15) is 0 Å². The first kappa shape index (κ1) is 20.4. The molecule has 1 heterocycles. The van der Waals surface area contributed by atoms with Crippen LogP contribution in [0.15, 0.2) is 42.5 Å². The van der Waals surface area contributed by atoms with Crippen molar-refractivity contribution in [1.29, 1.82) is 0 Å². The van der Waals surface area contributed by atoms with Crippen LogP contribution < -0.4 is 9.64 Å². The number of hydrogen-bond acceptors (Lipinski definition) is 5. The zero-order valence-electron chi connectivity index (χ0n) is 15.9. The quantitative estimate of drug-likeness (QED) is 0.622. The van der Waals surface area contributed by atoms with Gasteiger partial charge in [-0.3, -0.25) is 0 Å².